The summed E-state index contributed by atoms with van der Waals surface area (Å²) in [6, 6.07) is 0.200. The lowest BCUT2D eigenvalue weighted by atomic mass is 10.1. The Labute approximate surface area is 115 Å². The minimum atomic E-state index is -4.15. The number of alkyl halides is 3. The Bertz CT molecular complexity index is 291. The molecule has 0 spiro atoms. The van der Waals surface area contributed by atoms with Crippen LogP contribution in [0.1, 0.15) is 12.8 Å². The predicted octanol–water partition coefficient (Wildman–Crippen LogP) is 1.98. The van der Waals surface area contributed by atoms with Gasteiger partial charge in [-0.2, -0.15) is 13.2 Å². The van der Waals surface area contributed by atoms with E-state index in [4.69, 9.17) is 0 Å². The van der Waals surface area contributed by atoms with E-state index in [1.54, 1.807) is 19.0 Å². The molecule has 1 N–H and O–H groups in total. The first-order valence-corrected chi connectivity index (χ1v) is 7.18. The number of nitrogens with zero attached hydrogens (tertiary/aromatic N) is 2. The summed E-state index contributed by atoms with van der Waals surface area (Å²) in [7, 11) is 3.42. The molecule has 0 radical (unpaired) electrons. The van der Waals surface area contributed by atoms with E-state index >= 15 is 0 Å². The van der Waals surface area contributed by atoms with E-state index in [1.165, 1.54) is 4.90 Å². The second-order valence-corrected chi connectivity index (χ2v) is 5.85. The van der Waals surface area contributed by atoms with Crippen LogP contribution < -0.4 is 5.32 Å². The molecular weight excluding hydrogens is 279 g/mol. The molecule has 0 bridgehead atoms. The van der Waals surface area contributed by atoms with Gasteiger partial charge in [-0.05, 0) is 24.6 Å². The number of amides is 2. The van der Waals surface area contributed by atoms with E-state index in [-0.39, 0.29) is 29.6 Å². The van der Waals surface area contributed by atoms with Crippen molar-refractivity contribution in [2.45, 2.75) is 24.4 Å². The SMILES string of the molecule is CN(C)C(=O)N1CCC(NCCSC(F)(F)F)CC1. The summed E-state index contributed by atoms with van der Waals surface area (Å²) in [5.74, 6) is 0.0281. The van der Waals surface area contributed by atoms with Gasteiger partial charge in [-0.1, -0.05) is 0 Å². The van der Waals surface area contributed by atoms with Crippen molar-refractivity contribution in [2.24, 2.45) is 0 Å². The number of carbonyl (C=O) groups is 1. The number of thioether (sulfide) groups is 1. The molecule has 1 saturated heterocycles. The maximum Gasteiger partial charge on any atom is 0.441 e. The van der Waals surface area contributed by atoms with E-state index in [0.717, 1.165) is 12.8 Å². The molecule has 8 heteroatoms. The average Bonchev–Trinajstić information content (AvgIpc) is 2.33. The fourth-order valence-corrected chi connectivity index (χ4v) is 2.44. The first-order chi connectivity index (χ1) is 8.79. The van der Waals surface area contributed by atoms with E-state index < -0.39 is 5.51 Å². The maximum absolute atomic E-state index is 11.9. The number of nitrogens with one attached hydrogen (secondary N) is 1. The summed E-state index contributed by atoms with van der Waals surface area (Å²) < 4.78 is 35.8. The number of halogens is 3. The highest BCUT2D eigenvalue weighted by molar-refractivity contribution is 8.00. The van der Waals surface area contributed by atoms with Crippen LogP contribution in [0.5, 0.6) is 0 Å². The minimum absolute atomic E-state index is 0.00220. The quantitative estimate of drug-likeness (QED) is 0.806. The van der Waals surface area contributed by atoms with Crippen LogP contribution in [0.15, 0.2) is 0 Å². The van der Waals surface area contributed by atoms with Gasteiger partial charge in [-0.15, -0.1) is 0 Å². The number of hydrogen-bond donors (Lipinski definition) is 1. The maximum atomic E-state index is 11.9. The van der Waals surface area contributed by atoms with Crippen molar-refractivity contribution in [3.05, 3.63) is 0 Å². The van der Waals surface area contributed by atoms with Gasteiger partial charge in [-0.3, -0.25) is 0 Å². The molecule has 19 heavy (non-hydrogen) atoms. The molecule has 0 aliphatic carbocycles. The molecule has 0 aromatic heterocycles. The molecule has 1 fully saturated rings. The summed E-state index contributed by atoms with van der Waals surface area (Å²) >= 11 is -0.00220. The molecule has 0 saturated carbocycles. The van der Waals surface area contributed by atoms with Gasteiger partial charge in [0.2, 0.25) is 0 Å². The van der Waals surface area contributed by atoms with Crippen molar-refractivity contribution < 1.29 is 18.0 Å². The normalized spacial score (nSPS) is 17.6. The van der Waals surface area contributed by atoms with Gasteiger partial charge < -0.3 is 15.1 Å². The average molecular weight is 299 g/mol. The third kappa shape index (κ3) is 6.38. The number of likely N-dealkylation sites (tertiary alicyclic amines) is 1. The number of hydrogen-bond acceptors (Lipinski definition) is 3. The molecule has 0 aromatic rings. The Hall–Kier alpha value is -0.630. The van der Waals surface area contributed by atoms with Crippen LogP contribution in [-0.2, 0) is 0 Å². The third-order valence-electron chi connectivity index (χ3n) is 2.95. The fraction of sp³-hybridized carbons (Fsp3) is 0.909. The topological polar surface area (TPSA) is 35.6 Å². The van der Waals surface area contributed by atoms with Crippen molar-refractivity contribution in [1.29, 1.82) is 0 Å². The standard InChI is InChI=1S/C11H20F3N3OS/c1-16(2)10(18)17-6-3-9(4-7-17)15-5-8-19-11(12,13)14/h9,15H,3-8H2,1-2H3. The third-order valence-corrected chi connectivity index (χ3v) is 3.68. The molecule has 1 rings (SSSR count). The van der Waals surface area contributed by atoms with E-state index in [1.807, 2.05) is 0 Å². The summed E-state index contributed by atoms with van der Waals surface area (Å²) in [4.78, 5) is 15.0. The minimum Gasteiger partial charge on any atom is -0.331 e. The van der Waals surface area contributed by atoms with Crippen LogP contribution in [0, 0.1) is 0 Å². The van der Waals surface area contributed by atoms with Crippen molar-refractivity contribution in [2.75, 3.05) is 39.5 Å². The van der Waals surface area contributed by atoms with Crippen LogP contribution in [0.2, 0.25) is 0 Å². The lowest BCUT2D eigenvalue weighted by molar-refractivity contribution is -0.0327. The van der Waals surface area contributed by atoms with Gasteiger partial charge in [0.05, 0.1) is 0 Å². The summed E-state index contributed by atoms with van der Waals surface area (Å²) in [6.45, 7) is 1.65. The summed E-state index contributed by atoms with van der Waals surface area (Å²) in [5, 5.41) is 3.11. The summed E-state index contributed by atoms with van der Waals surface area (Å²) in [6.07, 6.45) is 1.58. The highest BCUT2D eigenvalue weighted by Gasteiger charge is 2.28. The van der Waals surface area contributed by atoms with Gasteiger partial charge in [0.15, 0.2) is 0 Å². The second kappa shape index (κ2) is 7.23. The van der Waals surface area contributed by atoms with Crippen LogP contribution in [0.25, 0.3) is 0 Å². The fourth-order valence-electron chi connectivity index (χ4n) is 1.99. The molecule has 112 valence electrons. The zero-order valence-corrected chi connectivity index (χ0v) is 12.0. The zero-order valence-electron chi connectivity index (χ0n) is 11.2. The Morgan fingerprint density at radius 2 is 1.95 bits per heavy atom. The molecule has 0 aromatic carbocycles. The first-order valence-electron chi connectivity index (χ1n) is 6.20. The largest absolute Gasteiger partial charge is 0.441 e. The van der Waals surface area contributed by atoms with Crippen molar-refractivity contribution in [1.82, 2.24) is 15.1 Å². The van der Waals surface area contributed by atoms with Crippen molar-refractivity contribution in [3.8, 4) is 0 Å². The van der Waals surface area contributed by atoms with E-state index in [0.29, 0.717) is 19.6 Å². The summed E-state index contributed by atoms with van der Waals surface area (Å²) in [5.41, 5.74) is -4.15. The number of rotatable bonds is 4. The van der Waals surface area contributed by atoms with Crippen LogP contribution >= 0.6 is 11.8 Å². The van der Waals surface area contributed by atoms with Crippen LogP contribution in [-0.4, -0.2) is 66.9 Å². The second-order valence-electron chi connectivity index (χ2n) is 4.69. The first kappa shape index (κ1) is 16.4. The van der Waals surface area contributed by atoms with Crippen molar-refractivity contribution in [3.63, 3.8) is 0 Å². The number of urea groups is 1. The van der Waals surface area contributed by atoms with E-state index in [2.05, 4.69) is 5.32 Å². The Kier molecular flexibility index (Phi) is 6.25. The number of piperidine rings is 1. The Morgan fingerprint density at radius 1 is 1.37 bits per heavy atom. The van der Waals surface area contributed by atoms with Crippen LogP contribution in [0.4, 0.5) is 18.0 Å². The van der Waals surface area contributed by atoms with Gasteiger partial charge in [-0.25, -0.2) is 4.79 Å². The lowest BCUT2D eigenvalue weighted by Gasteiger charge is -2.34. The highest BCUT2D eigenvalue weighted by atomic mass is 32.2. The monoisotopic (exact) mass is 299 g/mol. The Morgan fingerprint density at radius 3 is 2.42 bits per heavy atom. The van der Waals surface area contributed by atoms with Crippen molar-refractivity contribution >= 4 is 17.8 Å². The van der Waals surface area contributed by atoms with Gasteiger partial charge in [0.25, 0.3) is 0 Å². The molecule has 2 amide bonds. The predicted molar refractivity (Wildman–Crippen MR) is 70.2 cm³/mol. The Balaban J connectivity index is 2.15. The lowest BCUT2D eigenvalue weighted by Crippen LogP contribution is -2.48. The van der Waals surface area contributed by atoms with Crippen LogP contribution in [0.3, 0.4) is 0 Å². The molecular formula is C11H20F3N3OS. The van der Waals surface area contributed by atoms with Gasteiger partial charge in [0.1, 0.15) is 0 Å². The highest BCUT2D eigenvalue weighted by Crippen LogP contribution is 2.29. The molecule has 4 nitrogen and oxygen atoms in total. The molecule has 1 aliphatic rings. The number of carbonyl (C=O) groups excluding carboxylic acids is 1. The van der Waals surface area contributed by atoms with Gasteiger partial charge >= 0.3 is 11.5 Å². The smallest absolute Gasteiger partial charge is 0.331 e. The zero-order chi connectivity index (χ0) is 14.5. The molecule has 1 aliphatic heterocycles. The molecule has 1 heterocycles. The van der Waals surface area contributed by atoms with Gasteiger partial charge in [0, 0.05) is 45.5 Å². The molecule has 0 unspecified atom stereocenters. The van der Waals surface area contributed by atoms with E-state index in [9.17, 15) is 18.0 Å². The molecule has 0 atom stereocenters.